The van der Waals surface area contributed by atoms with Crippen LogP contribution in [0.4, 0.5) is 0 Å². The van der Waals surface area contributed by atoms with E-state index in [1.54, 1.807) is 44.4 Å². The van der Waals surface area contributed by atoms with Gasteiger partial charge in [0.15, 0.2) is 0 Å². The van der Waals surface area contributed by atoms with E-state index >= 15 is 0 Å². The van der Waals surface area contributed by atoms with Crippen LogP contribution in [0.25, 0.3) is 0 Å². The Bertz CT molecular complexity index is 957. The van der Waals surface area contributed by atoms with E-state index in [4.69, 9.17) is 9.47 Å². The molecule has 140 valence electrons. The molecule has 1 aromatic carbocycles. The number of pyridine rings is 1. The van der Waals surface area contributed by atoms with Gasteiger partial charge >= 0.3 is 0 Å². The van der Waals surface area contributed by atoms with Crippen molar-refractivity contribution in [3.05, 3.63) is 63.1 Å². The van der Waals surface area contributed by atoms with Gasteiger partial charge in [0, 0.05) is 18.4 Å². The van der Waals surface area contributed by atoms with Gasteiger partial charge in [-0.05, 0) is 30.7 Å². The number of ether oxygens (including phenoxy) is 2. The normalized spacial score (nSPS) is 10.6. The van der Waals surface area contributed by atoms with Gasteiger partial charge in [-0.1, -0.05) is 12.1 Å². The van der Waals surface area contributed by atoms with Crippen LogP contribution in [0.15, 0.2) is 40.2 Å². The Labute approximate surface area is 156 Å². The molecule has 8 nitrogen and oxygen atoms in total. The Morgan fingerprint density at radius 3 is 2.81 bits per heavy atom. The molecule has 1 aromatic heterocycles. The summed E-state index contributed by atoms with van der Waals surface area (Å²) in [5.74, 6) is 0.190. The van der Waals surface area contributed by atoms with Crippen molar-refractivity contribution >= 4 is 12.1 Å². The number of rotatable bonds is 7. The van der Waals surface area contributed by atoms with Gasteiger partial charge in [0.2, 0.25) is 0 Å². The zero-order chi connectivity index (χ0) is 19.8. The van der Waals surface area contributed by atoms with E-state index in [9.17, 15) is 14.9 Å². The van der Waals surface area contributed by atoms with E-state index in [1.807, 2.05) is 6.07 Å². The van der Waals surface area contributed by atoms with Crippen LogP contribution in [0.1, 0.15) is 22.4 Å². The highest BCUT2D eigenvalue weighted by molar-refractivity contribution is 5.82. The van der Waals surface area contributed by atoms with E-state index in [0.717, 1.165) is 5.56 Å². The van der Waals surface area contributed by atoms with Gasteiger partial charge in [0.05, 0.1) is 19.9 Å². The summed E-state index contributed by atoms with van der Waals surface area (Å²) in [5.41, 5.74) is 3.61. The number of nitrogens with one attached hydrogen (secondary N) is 1. The Balaban J connectivity index is 2.12. The molecule has 0 radical (unpaired) electrons. The number of carbonyl (C=O) groups is 1. The predicted molar refractivity (Wildman–Crippen MR) is 99.6 cm³/mol. The van der Waals surface area contributed by atoms with Gasteiger partial charge in [0.1, 0.15) is 23.9 Å². The molecule has 0 bridgehead atoms. The summed E-state index contributed by atoms with van der Waals surface area (Å²) in [7, 11) is 3.04. The van der Waals surface area contributed by atoms with Crippen molar-refractivity contribution in [2.75, 3.05) is 14.2 Å². The van der Waals surface area contributed by atoms with E-state index in [0.29, 0.717) is 17.0 Å². The monoisotopic (exact) mass is 368 g/mol. The zero-order valence-corrected chi connectivity index (χ0v) is 15.4. The highest BCUT2D eigenvalue weighted by atomic mass is 16.5. The molecule has 0 aliphatic carbocycles. The number of methoxy groups -OCH3 is 2. The molecule has 2 rings (SSSR count). The second-order valence-electron chi connectivity index (χ2n) is 5.69. The number of aromatic nitrogens is 1. The van der Waals surface area contributed by atoms with Gasteiger partial charge in [-0.15, -0.1) is 0 Å². The van der Waals surface area contributed by atoms with Gasteiger partial charge < -0.3 is 14.0 Å². The Hall–Kier alpha value is -3.44. The smallest absolute Gasteiger partial charge is 0.269 e. The lowest BCUT2D eigenvalue weighted by Gasteiger charge is -2.12. The molecule has 0 spiro atoms. The topological polar surface area (TPSA) is 106 Å². The molecule has 0 aliphatic heterocycles. The molecule has 0 aliphatic rings. The molecule has 27 heavy (non-hydrogen) atoms. The quantitative estimate of drug-likeness (QED) is 0.586. The number of hydrazone groups is 1. The summed E-state index contributed by atoms with van der Waals surface area (Å²) < 4.78 is 11.4. The van der Waals surface area contributed by atoms with Crippen LogP contribution in [0, 0.1) is 18.3 Å². The van der Waals surface area contributed by atoms with Crippen LogP contribution in [0.3, 0.4) is 0 Å². The SMILES string of the molecule is COCc1cc(C)n(CC(=O)N/N=C/c2cccc(OC)c2)c(=O)c1C#N. The van der Waals surface area contributed by atoms with Crippen LogP contribution in [-0.4, -0.2) is 30.9 Å². The molecule has 0 unspecified atom stereocenters. The molecule has 8 heteroatoms. The van der Waals surface area contributed by atoms with E-state index in [-0.39, 0.29) is 18.7 Å². The standard InChI is InChI=1S/C19H20N4O4/c1-13-7-15(12-26-2)17(9-20)19(25)23(13)11-18(24)22-21-10-14-5-4-6-16(8-14)27-3/h4-8,10H,11-12H2,1-3H3,(H,22,24)/b21-10+. The number of hydrogen-bond donors (Lipinski definition) is 1. The molecule has 1 amide bonds. The number of benzene rings is 1. The van der Waals surface area contributed by atoms with Gasteiger partial charge in [0.25, 0.3) is 11.5 Å². The summed E-state index contributed by atoms with van der Waals surface area (Å²) in [6.45, 7) is 1.59. The lowest BCUT2D eigenvalue weighted by Crippen LogP contribution is -2.33. The predicted octanol–water partition coefficient (Wildman–Crippen LogP) is 1.33. The van der Waals surface area contributed by atoms with Crippen LogP contribution in [0.5, 0.6) is 5.75 Å². The van der Waals surface area contributed by atoms with E-state index in [1.165, 1.54) is 17.9 Å². The maximum atomic E-state index is 12.5. The first-order chi connectivity index (χ1) is 13.0. The fourth-order valence-corrected chi connectivity index (χ4v) is 2.50. The Morgan fingerprint density at radius 1 is 1.37 bits per heavy atom. The second-order valence-corrected chi connectivity index (χ2v) is 5.69. The van der Waals surface area contributed by atoms with Crippen LogP contribution in [0.2, 0.25) is 0 Å². The third-order valence-corrected chi connectivity index (χ3v) is 3.80. The number of aryl methyl sites for hydroxylation is 1. The summed E-state index contributed by atoms with van der Waals surface area (Å²) in [6.07, 6.45) is 1.47. The fourth-order valence-electron chi connectivity index (χ4n) is 2.50. The molecule has 0 atom stereocenters. The number of nitrogens with zero attached hydrogens (tertiary/aromatic N) is 3. The minimum absolute atomic E-state index is 0.0323. The van der Waals surface area contributed by atoms with E-state index < -0.39 is 11.5 Å². The van der Waals surface area contributed by atoms with Gasteiger partial charge in [-0.3, -0.25) is 9.59 Å². The van der Waals surface area contributed by atoms with Crippen LogP contribution >= 0.6 is 0 Å². The van der Waals surface area contributed by atoms with Crippen molar-refractivity contribution in [2.24, 2.45) is 5.10 Å². The third-order valence-electron chi connectivity index (χ3n) is 3.80. The van der Waals surface area contributed by atoms with Crippen LogP contribution in [-0.2, 0) is 22.7 Å². The maximum absolute atomic E-state index is 12.5. The highest BCUT2D eigenvalue weighted by Crippen LogP contribution is 2.11. The summed E-state index contributed by atoms with van der Waals surface area (Å²) in [5, 5.41) is 13.1. The number of hydrogen-bond acceptors (Lipinski definition) is 6. The number of nitriles is 1. The minimum Gasteiger partial charge on any atom is -0.497 e. The molecule has 2 aromatic rings. The molecule has 0 saturated carbocycles. The van der Waals surface area contributed by atoms with Crippen molar-refractivity contribution in [1.82, 2.24) is 9.99 Å². The molecule has 1 heterocycles. The highest BCUT2D eigenvalue weighted by Gasteiger charge is 2.14. The first kappa shape index (κ1) is 19.9. The molecular weight excluding hydrogens is 348 g/mol. The largest absolute Gasteiger partial charge is 0.497 e. The van der Waals surface area contributed by atoms with Crippen molar-refractivity contribution in [2.45, 2.75) is 20.1 Å². The van der Waals surface area contributed by atoms with Gasteiger partial charge in [-0.25, -0.2) is 5.43 Å². The summed E-state index contributed by atoms with van der Waals surface area (Å²) >= 11 is 0. The molecule has 1 N–H and O–H groups in total. The molecule has 0 saturated heterocycles. The number of carbonyl (C=O) groups excluding carboxylic acids is 1. The second kappa shape index (κ2) is 9.31. The average molecular weight is 368 g/mol. The Kier molecular flexibility index (Phi) is 6.86. The maximum Gasteiger partial charge on any atom is 0.269 e. The average Bonchev–Trinajstić information content (AvgIpc) is 2.66. The summed E-state index contributed by atoms with van der Waals surface area (Å²) in [6, 6.07) is 10.7. The van der Waals surface area contributed by atoms with Gasteiger partial charge in [-0.2, -0.15) is 10.4 Å². The molecular formula is C19H20N4O4. The molecule has 0 fully saturated rings. The first-order valence-electron chi connectivity index (χ1n) is 8.08. The lowest BCUT2D eigenvalue weighted by atomic mass is 10.1. The van der Waals surface area contributed by atoms with Crippen molar-refractivity contribution < 1.29 is 14.3 Å². The van der Waals surface area contributed by atoms with Crippen LogP contribution < -0.4 is 15.7 Å². The van der Waals surface area contributed by atoms with Crippen molar-refractivity contribution in [3.8, 4) is 11.8 Å². The first-order valence-corrected chi connectivity index (χ1v) is 8.08. The summed E-state index contributed by atoms with van der Waals surface area (Å²) in [4.78, 5) is 24.6. The fraction of sp³-hybridized carbons (Fsp3) is 0.263. The lowest BCUT2D eigenvalue weighted by molar-refractivity contribution is -0.121. The third kappa shape index (κ3) is 5.03. The van der Waals surface area contributed by atoms with Crippen molar-refractivity contribution in [3.63, 3.8) is 0 Å². The zero-order valence-electron chi connectivity index (χ0n) is 15.4. The Morgan fingerprint density at radius 2 is 2.15 bits per heavy atom. The van der Waals surface area contributed by atoms with Crippen molar-refractivity contribution in [1.29, 1.82) is 5.26 Å². The van der Waals surface area contributed by atoms with E-state index in [2.05, 4.69) is 10.5 Å². The number of amides is 1. The minimum atomic E-state index is -0.531.